The van der Waals surface area contributed by atoms with E-state index in [-0.39, 0.29) is 0 Å². The fourth-order valence-corrected chi connectivity index (χ4v) is 2.48. The van der Waals surface area contributed by atoms with E-state index in [1.165, 1.54) is 0 Å². The van der Waals surface area contributed by atoms with E-state index in [0.29, 0.717) is 25.8 Å². The monoisotopic (exact) mass is 298 g/mol. The third-order valence-corrected chi connectivity index (χ3v) is 3.78. The lowest BCUT2D eigenvalue weighted by molar-refractivity contribution is 0.0277. The van der Waals surface area contributed by atoms with E-state index in [0.717, 1.165) is 30.1 Å². The Morgan fingerprint density at radius 1 is 1.45 bits per heavy atom. The maximum absolute atomic E-state index is 9.88. The Bertz CT molecular complexity index is 399. The minimum Gasteiger partial charge on any atom is -0.389 e. The molecule has 20 heavy (non-hydrogen) atoms. The van der Waals surface area contributed by atoms with Crippen molar-refractivity contribution in [3.05, 3.63) is 34.9 Å². The SMILES string of the molecule is CN1CCC(NCC(O)COCc2ccc(Cl)cc2)C1. The fraction of sp³-hybridized carbons (Fsp3) is 0.600. The van der Waals surface area contributed by atoms with Crippen molar-refractivity contribution in [2.24, 2.45) is 0 Å². The van der Waals surface area contributed by atoms with Crippen LogP contribution in [0.3, 0.4) is 0 Å². The van der Waals surface area contributed by atoms with Gasteiger partial charge in [-0.2, -0.15) is 0 Å². The number of hydrogen-bond donors (Lipinski definition) is 2. The lowest BCUT2D eigenvalue weighted by atomic mass is 10.2. The third-order valence-electron chi connectivity index (χ3n) is 3.53. The Labute approximate surface area is 125 Å². The van der Waals surface area contributed by atoms with Gasteiger partial charge in [-0.15, -0.1) is 0 Å². The molecule has 0 bridgehead atoms. The first kappa shape index (κ1) is 15.7. The fourth-order valence-electron chi connectivity index (χ4n) is 2.36. The molecule has 1 aliphatic heterocycles. The quantitative estimate of drug-likeness (QED) is 0.801. The van der Waals surface area contributed by atoms with Gasteiger partial charge in [0, 0.05) is 24.2 Å². The van der Waals surface area contributed by atoms with Crippen molar-refractivity contribution in [1.82, 2.24) is 10.2 Å². The number of nitrogens with zero attached hydrogens (tertiary/aromatic N) is 1. The zero-order valence-corrected chi connectivity index (χ0v) is 12.6. The molecule has 1 aromatic rings. The highest BCUT2D eigenvalue weighted by atomic mass is 35.5. The van der Waals surface area contributed by atoms with Gasteiger partial charge in [-0.3, -0.25) is 0 Å². The van der Waals surface area contributed by atoms with Crippen LogP contribution in [0.1, 0.15) is 12.0 Å². The van der Waals surface area contributed by atoms with E-state index in [9.17, 15) is 5.11 Å². The number of benzene rings is 1. The molecule has 5 heteroatoms. The molecule has 1 fully saturated rings. The van der Waals surface area contributed by atoms with Crippen molar-refractivity contribution in [3.63, 3.8) is 0 Å². The maximum Gasteiger partial charge on any atom is 0.0897 e. The van der Waals surface area contributed by atoms with Gasteiger partial charge in [-0.05, 0) is 37.7 Å². The summed E-state index contributed by atoms with van der Waals surface area (Å²) in [5.74, 6) is 0. The van der Waals surface area contributed by atoms with Crippen LogP contribution in [0.5, 0.6) is 0 Å². The van der Waals surface area contributed by atoms with Crippen LogP contribution in [-0.4, -0.2) is 55.4 Å². The second kappa shape index (κ2) is 7.96. The summed E-state index contributed by atoms with van der Waals surface area (Å²) in [6.45, 7) is 3.61. The van der Waals surface area contributed by atoms with E-state index in [1.54, 1.807) is 0 Å². The first-order valence-electron chi connectivity index (χ1n) is 7.05. The average Bonchev–Trinajstić information content (AvgIpc) is 2.85. The third kappa shape index (κ3) is 5.38. The van der Waals surface area contributed by atoms with Crippen LogP contribution < -0.4 is 5.32 Å². The van der Waals surface area contributed by atoms with Crippen LogP contribution in [0, 0.1) is 0 Å². The van der Waals surface area contributed by atoms with Gasteiger partial charge in [0.15, 0.2) is 0 Å². The molecule has 2 N–H and O–H groups in total. The molecule has 2 unspecified atom stereocenters. The predicted octanol–water partition coefficient (Wildman–Crippen LogP) is 1.51. The summed E-state index contributed by atoms with van der Waals surface area (Å²) in [5.41, 5.74) is 1.06. The lowest BCUT2D eigenvalue weighted by Crippen LogP contribution is -2.38. The van der Waals surface area contributed by atoms with Gasteiger partial charge in [0.05, 0.1) is 19.3 Å². The molecule has 0 aromatic heterocycles. The number of rotatable bonds is 7. The van der Waals surface area contributed by atoms with Crippen LogP contribution in [-0.2, 0) is 11.3 Å². The molecule has 2 atom stereocenters. The molecular weight excluding hydrogens is 276 g/mol. The van der Waals surface area contributed by atoms with Gasteiger partial charge in [-0.25, -0.2) is 0 Å². The van der Waals surface area contributed by atoms with Crippen molar-refractivity contribution in [3.8, 4) is 0 Å². The van der Waals surface area contributed by atoms with Crippen molar-refractivity contribution in [1.29, 1.82) is 0 Å². The Kier molecular flexibility index (Phi) is 6.26. The highest BCUT2D eigenvalue weighted by molar-refractivity contribution is 6.30. The van der Waals surface area contributed by atoms with E-state index in [1.807, 2.05) is 24.3 Å². The predicted molar refractivity (Wildman–Crippen MR) is 81.0 cm³/mol. The molecule has 0 aliphatic carbocycles. The Morgan fingerprint density at radius 3 is 2.85 bits per heavy atom. The first-order chi connectivity index (χ1) is 9.63. The number of nitrogens with one attached hydrogen (secondary N) is 1. The molecule has 0 spiro atoms. The molecule has 0 amide bonds. The number of hydrogen-bond acceptors (Lipinski definition) is 4. The summed E-state index contributed by atoms with van der Waals surface area (Å²) in [5, 5.41) is 14.0. The number of likely N-dealkylation sites (tertiary alicyclic amines) is 1. The van der Waals surface area contributed by atoms with Crippen LogP contribution in [0.15, 0.2) is 24.3 Å². The summed E-state index contributed by atoms with van der Waals surface area (Å²) in [7, 11) is 2.12. The van der Waals surface area contributed by atoms with E-state index >= 15 is 0 Å². The number of likely N-dealkylation sites (N-methyl/N-ethyl adjacent to an activating group) is 1. The molecule has 1 aromatic carbocycles. The minimum absolute atomic E-state index is 0.345. The first-order valence-corrected chi connectivity index (χ1v) is 7.43. The van der Waals surface area contributed by atoms with Crippen LogP contribution in [0.25, 0.3) is 0 Å². The van der Waals surface area contributed by atoms with Crippen LogP contribution >= 0.6 is 11.6 Å². The average molecular weight is 299 g/mol. The summed E-state index contributed by atoms with van der Waals surface area (Å²) in [6, 6.07) is 8.04. The standard InChI is InChI=1S/C15H23ClN2O2/c1-18-7-6-14(9-18)17-8-15(19)11-20-10-12-2-4-13(16)5-3-12/h2-5,14-15,17,19H,6-11H2,1H3. The molecule has 1 saturated heterocycles. The minimum atomic E-state index is -0.465. The molecule has 2 rings (SSSR count). The zero-order valence-electron chi connectivity index (χ0n) is 11.9. The highest BCUT2D eigenvalue weighted by Gasteiger charge is 2.19. The van der Waals surface area contributed by atoms with Gasteiger partial charge < -0.3 is 20.1 Å². The van der Waals surface area contributed by atoms with Crippen LogP contribution in [0.2, 0.25) is 5.02 Å². The second-order valence-electron chi connectivity index (χ2n) is 5.45. The van der Waals surface area contributed by atoms with Crippen molar-refractivity contribution >= 4 is 11.6 Å². The van der Waals surface area contributed by atoms with Crippen molar-refractivity contribution in [2.75, 3.05) is 33.3 Å². The number of halogens is 1. The van der Waals surface area contributed by atoms with Crippen LogP contribution in [0.4, 0.5) is 0 Å². The van der Waals surface area contributed by atoms with Crippen molar-refractivity contribution < 1.29 is 9.84 Å². The number of aliphatic hydroxyl groups is 1. The van der Waals surface area contributed by atoms with E-state index in [4.69, 9.17) is 16.3 Å². The summed E-state index contributed by atoms with van der Waals surface area (Å²) in [6.07, 6.45) is 0.683. The van der Waals surface area contributed by atoms with E-state index < -0.39 is 6.10 Å². The van der Waals surface area contributed by atoms with E-state index in [2.05, 4.69) is 17.3 Å². The number of ether oxygens (including phenoxy) is 1. The Balaban J connectivity index is 1.58. The lowest BCUT2D eigenvalue weighted by Gasteiger charge is -2.16. The second-order valence-corrected chi connectivity index (χ2v) is 5.89. The number of aliphatic hydroxyl groups excluding tert-OH is 1. The van der Waals surface area contributed by atoms with Crippen molar-refractivity contribution in [2.45, 2.75) is 25.2 Å². The molecule has 1 aliphatic rings. The summed E-state index contributed by atoms with van der Waals surface area (Å²) >= 11 is 5.82. The largest absolute Gasteiger partial charge is 0.389 e. The highest BCUT2D eigenvalue weighted by Crippen LogP contribution is 2.10. The molecule has 1 heterocycles. The topological polar surface area (TPSA) is 44.7 Å². The molecular formula is C15H23ClN2O2. The molecule has 112 valence electrons. The maximum atomic E-state index is 9.88. The summed E-state index contributed by atoms with van der Waals surface area (Å²) in [4.78, 5) is 2.29. The normalized spacial score (nSPS) is 21.2. The Morgan fingerprint density at radius 2 is 2.20 bits per heavy atom. The smallest absolute Gasteiger partial charge is 0.0897 e. The zero-order chi connectivity index (χ0) is 14.4. The molecule has 0 saturated carbocycles. The molecule has 0 radical (unpaired) electrons. The van der Waals surface area contributed by atoms with Gasteiger partial charge in [-0.1, -0.05) is 23.7 Å². The van der Waals surface area contributed by atoms with Gasteiger partial charge >= 0.3 is 0 Å². The summed E-state index contributed by atoms with van der Waals surface area (Å²) < 4.78 is 5.51. The Hall–Kier alpha value is -0.650. The van der Waals surface area contributed by atoms with Gasteiger partial charge in [0.25, 0.3) is 0 Å². The molecule has 4 nitrogen and oxygen atoms in total. The van der Waals surface area contributed by atoms with Gasteiger partial charge in [0.2, 0.25) is 0 Å². The van der Waals surface area contributed by atoms with Gasteiger partial charge in [0.1, 0.15) is 0 Å².